The molecule has 0 N–H and O–H groups in total. The summed E-state index contributed by atoms with van der Waals surface area (Å²) in [5.74, 6) is 0.478. The van der Waals surface area contributed by atoms with Gasteiger partial charge in [-0.1, -0.05) is 31.4 Å². The van der Waals surface area contributed by atoms with Gasteiger partial charge in [-0.3, -0.25) is 14.5 Å². The Kier molecular flexibility index (Phi) is 5.67. The highest BCUT2D eigenvalue weighted by Gasteiger charge is 2.45. The van der Waals surface area contributed by atoms with Crippen LogP contribution in [0.5, 0.6) is 5.75 Å². The van der Waals surface area contributed by atoms with Crippen molar-refractivity contribution in [1.29, 1.82) is 0 Å². The fraction of sp³-hybridized carbons (Fsp3) is 0.545. The van der Waals surface area contributed by atoms with Crippen molar-refractivity contribution in [2.45, 2.75) is 45.1 Å². The van der Waals surface area contributed by atoms with Gasteiger partial charge >= 0.3 is 0 Å². The fourth-order valence-corrected chi connectivity index (χ4v) is 4.43. The van der Waals surface area contributed by atoms with E-state index in [-0.39, 0.29) is 17.9 Å². The number of amides is 2. The molecule has 1 saturated carbocycles. The summed E-state index contributed by atoms with van der Waals surface area (Å²) in [6, 6.07) is 7.52. The minimum atomic E-state index is -0.150. The predicted molar refractivity (Wildman–Crippen MR) is 106 cm³/mol. The molecule has 1 saturated heterocycles. The highest BCUT2D eigenvalue weighted by molar-refractivity contribution is 6.35. The third-order valence-corrected chi connectivity index (χ3v) is 5.81. The Bertz CT molecular complexity index is 759. The van der Waals surface area contributed by atoms with Gasteiger partial charge in [-0.15, -0.1) is 0 Å². The number of morpholine rings is 1. The summed E-state index contributed by atoms with van der Waals surface area (Å²) in [5.41, 5.74) is 1.85. The molecule has 0 unspecified atom stereocenters. The summed E-state index contributed by atoms with van der Waals surface area (Å²) in [6.07, 6.45) is 5.15. The first-order chi connectivity index (χ1) is 13.7. The highest BCUT2D eigenvalue weighted by atomic mass is 16.5. The maximum absolute atomic E-state index is 13.4. The molecule has 28 heavy (non-hydrogen) atoms. The molecule has 4 rings (SSSR count). The maximum Gasteiger partial charge on any atom is 0.278 e. The van der Waals surface area contributed by atoms with Gasteiger partial charge in [0, 0.05) is 19.1 Å². The first-order valence-corrected chi connectivity index (χ1v) is 10.4. The Balaban J connectivity index is 1.71. The molecular weight excluding hydrogens is 356 g/mol. The average Bonchev–Trinajstić information content (AvgIpc) is 3.00. The average molecular weight is 384 g/mol. The molecule has 0 spiro atoms. The van der Waals surface area contributed by atoms with Gasteiger partial charge < -0.3 is 14.4 Å². The van der Waals surface area contributed by atoms with E-state index < -0.39 is 0 Å². The van der Waals surface area contributed by atoms with Crippen LogP contribution in [0.3, 0.4) is 0 Å². The lowest BCUT2D eigenvalue weighted by molar-refractivity contribution is -0.141. The Morgan fingerprint density at radius 3 is 2.32 bits per heavy atom. The van der Waals surface area contributed by atoms with Gasteiger partial charge in [0.1, 0.15) is 11.4 Å². The van der Waals surface area contributed by atoms with Crippen LogP contribution in [0.25, 0.3) is 5.57 Å². The van der Waals surface area contributed by atoms with Crippen LogP contribution < -0.4 is 4.74 Å². The normalized spacial score (nSPS) is 21.6. The molecule has 0 atom stereocenters. The van der Waals surface area contributed by atoms with E-state index >= 15 is 0 Å². The van der Waals surface area contributed by atoms with Crippen molar-refractivity contribution in [3.8, 4) is 5.75 Å². The van der Waals surface area contributed by atoms with E-state index in [1.165, 1.54) is 11.3 Å². The topological polar surface area (TPSA) is 59.1 Å². The highest BCUT2D eigenvalue weighted by Crippen LogP contribution is 2.36. The zero-order valence-corrected chi connectivity index (χ0v) is 16.5. The van der Waals surface area contributed by atoms with Crippen LogP contribution in [0.15, 0.2) is 30.0 Å². The molecule has 6 heteroatoms. The van der Waals surface area contributed by atoms with Gasteiger partial charge in [0.05, 0.1) is 25.4 Å². The molecule has 0 radical (unpaired) electrons. The first kappa shape index (κ1) is 19.0. The van der Waals surface area contributed by atoms with Crippen LogP contribution in [0.4, 0.5) is 0 Å². The summed E-state index contributed by atoms with van der Waals surface area (Å²) in [6.45, 7) is 4.94. The third-order valence-electron chi connectivity index (χ3n) is 5.81. The second-order valence-corrected chi connectivity index (χ2v) is 7.55. The van der Waals surface area contributed by atoms with Crippen LogP contribution in [0.2, 0.25) is 0 Å². The van der Waals surface area contributed by atoms with Crippen molar-refractivity contribution in [3.05, 3.63) is 35.5 Å². The zero-order valence-electron chi connectivity index (χ0n) is 16.5. The Morgan fingerprint density at radius 1 is 1.00 bits per heavy atom. The van der Waals surface area contributed by atoms with E-state index in [1.54, 1.807) is 0 Å². The lowest BCUT2D eigenvalue weighted by atomic mass is 9.94. The quantitative estimate of drug-likeness (QED) is 0.731. The number of imide groups is 1. The zero-order chi connectivity index (χ0) is 19.5. The van der Waals surface area contributed by atoms with Crippen LogP contribution in [0, 0.1) is 0 Å². The van der Waals surface area contributed by atoms with Crippen molar-refractivity contribution < 1.29 is 19.1 Å². The van der Waals surface area contributed by atoms with Crippen LogP contribution in [-0.4, -0.2) is 60.6 Å². The largest absolute Gasteiger partial charge is 0.494 e. The third kappa shape index (κ3) is 3.53. The van der Waals surface area contributed by atoms with E-state index in [4.69, 9.17) is 9.47 Å². The van der Waals surface area contributed by atoms with Crippen molar-refractivity contribution in [1.82, 2.24) is 9.80 Å². The van der Waals surface area contributed by atoms with Crippen molar-refractivity contribution >= 4 is 17.4 Å². The van der Waals surface area contributed by atoms with Gasteiger partial charge in [0.15, 0.2) is 0 Å². The van der Waals surface area contributed by atoms with E-state index in [9.17, 15) is 9.59 Å². The second kappa shape index (κ2) is 8.35. The number of nitrogens with zero attached hydrogens (tertiary/aromatic N) is 2. The molecule has 6 nitrogen and oxygen atoms in total. The molecule has 2 amide bonds. The summed E-state index contributed by atoms with van der Waals surface area (Å²) in [4.78, 5) is 30.4. The minimum Gasteiger partial charge on any atom is -0.494 e. The number of hydrogen-bond acceptors (Lipinski definition) is 5. The smallest absolute Gasteiger partial charge is 0.278 e. The number of rotatable bonds is 5. The lowest BCUT2D eigenvalue weighted by Crippen LogP contribution is -2.45. The number of carbonyl (C=O) groups excluding carboxylic acids is 2. The van der Waals surface area contributed by atoms with Gasteiger partial charge in [-0.05, 0) is 37.5 Å². The molecule has 0 aromatic heterocycles. The van der Waals surface area contributed by atoms with E-state index in [1.807, 2.05) is 36.1 Å². The molecule has 1 aliphatic carbocycles. The van der Waals surface area contributed by atoms with Gasteiger partial charge in [-0.25, -0.2) is 0 Å². The Labute approximate surface area is 166 Å². The van der Waals surface area contributed by atoms with E-state index in [0.29, 0.717) is 44.2 Å². The van der Waals surface area contributed by atoms with E-state index in [0.717, 1.165) is 37.0 Å². The van der Waals surface area contributed by atoms with Crippen molar-refractivity contribution in [2.24, 2.45) is 0 Å². The SMILES string of the molecule is CCOc1ccc(C2=C(N3CCOCC3)C(=O)N(C3CCCCC3)C2=O)cc1. The molecule has 150 valence electrons. The molecular formula is C22H28N2O4. The monoisotopic (exact) mass is 384 g/mol. The number of hydrogen-bond donors (Lipinski definition) is 0. The van der Waals surface area contributed by atoms with Crippen molar-refractivity contribution in [3.63, 3.8) is 0 Å². The van der Waals surface area contributed by atoms with Crippen LogP contribution in [-0.2, 0) is 14.3 Å². The second-order valence-electron chi connectivity index (χ2n) is 7.55. The molecule has 0 bridgehead atoms. The van der Waals surface area contributed by atoms with Gasteiger partial charge in [-0.2, -0.15) is 0 Å². The van der Waals surface area contributed by atoms with Crippen LogP contribution in [0.1, 0.15) is 44.6 Å². The maximum atomic E-state index is 13.4. The summed E-state index contributed by atoms with van der Waals surface area (Å²) in [7, 11) is 0. The molecule has 1 aromatic rings. The molecule has 2 aliphatic heterocycles. The minimum absolute atomic E-state index is 0.0185. The van der Waals surface area contributed by atoms with Gasteiger partial charge in [0.25, 0.3) is 11.8 Å². The Morgan fingerprint density at radius 2 is 1.68 bits per heavy atom. The predicted octanol–water partition coefficient (Wildman–Crippen LogP) is 2.83. The first-order valence-electron chi connectivity index (χ1n) is 10.4. The molecule has 2 fully saturated rings. The summed E-state index contributed by atoms with van der Waals surface area (Å²) < 4.78 is 11.0. The fourth-order valence-electron chi connectivity index (χ4n) is 4.43. The lowest BCUT2D eigenvalue weighted by Gasteiger charge is -2.32. The Hall–Kier alpha value is -2.34. The molecule has 3 aliphatic rings. The van der Waals surface area contributed by atoms with E-state index in [2.05, 4.69) is 0 Å². The molecule has 2 heterocycles. The van der Waals surface area contributed by atoms with Crippen molar-refractivity contribution in [2.75, 3.05) is 32.9 Å². The summed E-state index contributed by atoms with van der Waals surface area (Å²) >= 11 is 0. The van der Waals surface area contributed by atoms with Gasteiger partial charge in [0.2, 0.25) is 0 Å². The molecule has 1 aromatic carbocycles. The number of carbonyl (C=O) groups is 2. The number of benzene rings is 1. The summed E-state index contributed by atoms with van der Waals surface area (Å²) in [5, 5.41) is 0. The standard InChI is InChI=1S/C22H28N2O4/c1-2-28-18-10-8-16(9-11-18)19-20(23-12-14-27-15-13-23)22(26)24(21(19)25)17-6-4-3-5-7-17/h8-11,17H,2-7,12-15H2,1H3. The number of ether oxygens (including phenoxy) is 2. The van der Waals surface area contributed by atoms with Crippen LogP contribution >= 0.6 is 0 Å².